The van der Waals surface area contributed by atoms with Gasteiger partial charge in [0.25, 0.3) is 0 Å². The monoisotopic (exact) mass is 1130 g/mol. The number of allylic oxidation sites excluding steroid dienone is 4. The maximum atomic E-state index is 13.2. The van der Waals surface area contributed by atoms with Gasteiger partial charge >= 0.3 is 0 Å². The minimum atomic E-state index is -1.78. The van der Waals surface area contributed by atoms with Crippen LogP contribution in [0.25, 0.3) is 0 Å². The first-order valence-electron chi connectivity index (χ1n) is 33.1. The Balaban J connectivity index is 1.62. The summed E-state index contributed by atoms with van der Waals surface area (Å²) in [5.41, 5.74) is 0. The van der Waals surface area contributed by atoms with E-state index in [1.54, 1.807) is 0 Å². The van der Waals surface area contributed by atoms with Gasteiger partial charge in [-0.1, -0.05) is 269 Å². The van der Waals surface area contributed by atoms with E-state index >= 15 is 0 Å². The number of carbonyl (C=O) groups excluding carboxylic acids is 1. The van der Waals surface area contributed by atoms with Gasteiger partial charge in [-0.3, -0.25) is 4.79 Å². The van der Waals surface area contributed by atoms with E-state index in [1.165, 1.54) is 180 Å². The Hall–Kier alpha value is -1.53. The van der Waals surface area contributed by atoms with Crippen LogP contribution in [0.2, 0.25) is 0 Å². The molecule has 0 aromatic heterocycles. The SMILES string of the molecule is CCC/C=C\C/C=C\CCCCCCCC(=O)NC(COC1OC(CO)C(OC2OC(CO)C(O)C(O)C2O)C(O)C1O)C(O)CCCCCCCCCCCCCCCCCCCCCCCCCCCCCCCCCC. The van der Waals surface area contributed by atoms with Gasteiger partial charge in [-0.25, -0.2) is 0 Å². The van der Waals surface area contributed by atoms with E-state index in [0.717, 1.165) is 77.0 Å². The topological polar surface area (TPSA) is 228 Å². The fourth-order valence-electron chi connectivity index (χ4n) is 11.1. The van der Waals surface area contributed by atoms with Gasteiger partial charge in [0.2, 0.25) is 5.91 Å². The smallest absolute Gasteiger partial charge is 0.220 e. The molecule has 2 aliphatic rings. The van der Waals surface area contributed by atoms with Crippen molar-refractivity contribution in [2.45, 2.75) is 364 Å². The third-order valence-corrected chi connectivity index (χ3v) is 16.4. The van der Waals surface area contributed by atoms with E-state index < -0.39 is 86.8 Å². The summed E-state index contributed by atoms with van der Waals surface area (Å²) in [5.74, 6) is -0.218. The number of hydrogen-bond donors (Lipinski definition) is 9. The van der Waals surface area contributed by atoms with Crippen LogP contribution in [0.4, 0.5) is 0 Å². The van der Waals surface area contributed by atoms with Crippen molar-refractivity contribution >= 4 is 5.91 Å². The van der Waals surface area contributed by atoms with E-state index in [4.69, 9.17) is 18.9 Å². The normalized spacial score (nSPS) is 24.5. The summed E-state index contributed by atoms with van der Waals surface area (Å²) < 4.78 is 22.8. The van der Waals surface area contributed by atoms with Crippen molar-refractivity contribution in [3.05, 3.63) is 24.3 Å². The standard InChI is InChI=1S/C65H123NO13/c1-3-5-7-9-11-13-15-17-18-19-20-21-22-23-24-25-26-27-28-29-30-31-32-33-34-35-37-38-40-42-44-46-48-54(69)53(66-57(70)49-47-45-43-41-39-36-16-14-12-10-8-6-4-2)52-76-64-62(75)60(73)63(56(51-68)78-64)79-65-61(74)59(72)58(71)55(50-67)77-65/h8,10,14,16,53-56,58-65,67-69,71-75H,3-7,9,11-13,15,17-52H2,1-2H3,(H,66,70)/b10-8-,16-14-. The van der Waals surface area contributed by atoms with Gasteiger partial charge in [-0.15, -0.1) is 0 Å². The van der Waals surface area contributed by atoms with Crippen LogP contribution in [-0.2, 0) is 23.7 Å². The lowest BCUT2D eigenvalue weighted by Gasteiger charge is -2.46. The number of rotatable bonds is 54. The number of hydrogen-bond acceptors (Lipinski definition) is 13. The van der Waals surface area contributed by atoms with Gasteiger partial charge in [0, 0.05) is 6.42 Å². The van der Waals surface area contributed by atoms with Crippen molar-refractivity contribution in [2.75, 3.05) is 19.8 Å². The van der Waals surface area contributed by atoms with Crippen molar-refractivity contribution in [1.29, 1.82) is 0 Å². The molecule has 9 N–H and O–H groups in total. The molecule has 1 amide bonds. The number of aliphatic hydroxyl groups is 8. The molecule has 0 aromatic rings. The van der Waals surface area contributed by atoms with Crippen LogP contribution in [0.1, 0.15) is 290 Å². The molecule has 0 bridgehead atoms. The Morgan fingerprint density at radius 1 is 0.456 bits per heavy atom. The predicted molar refractivity (Wildman–Crippen MR) is 318 cm³/mol. The molecular formula is C65H123NO13. The average molecular weight is 1130 g/mol. The lowest BCUT2D eigenvalue weighted by Crippen LogP contribution is -2.65. The second kappa shape index (κ2) is 50.9. The molecule has 2 fully saturated rings. The van der Waals surface area contributed by atoms with Crippen LogP contribution < -0.4 is 5.32 Å². The van der Waals surface area contributed by atoms with Gasteiger partial charge in [0.1, 0.15) is 48.8 Å². The zero-order valence-corrected chi connectivity index (χ0v) is 50.4. The van der Waals surface area contributed by atoms with Gasteiger partial charge in [-0.05, 0) is 38.5 Å². The van der Waals surface area contributed by atoms with Crippen LogP contribution in [0.5, 0.6) is 0 Å². The molecule has 14 heteroatoms. The van der Waals surface area contributed by atoms with Crippen LogP contribution in [0.3, 0.4) is 0 Å². The summed E-state index contributed by atoms with van der Waals surface area (Å²) in [6.45, 7) is 2.81. The highest BCUT2D eigenvalue weighted by Crippen LogP contribution is 2.30. The first-order chi connectivity index (χ1) is 38.6. The molecule has 0 saturated carbocycles. The molecule has 2 aliphatic heterocycles. The number of aliphatic hydroxyl groups excluding tert-OH is 8. The molecule has 466 valence electrons. The zero-order chi connectivity index (χ0) is 57.4. The minimum Gasteiger partial charge on any atom is -0.394 e. The summed E-state index contributed by atoms with van der Waals surface area (Å²) >= 11 is 0. The third-order valence-electron chi connectivity index (χ3n) is 16.4. The van der Waals surface area contributed by atoms with Crippen LogP contribution >= 0.6 is 0 Å². The molecule has 14 nitrogen and oxygen atoms in total. The number of amides is 1. The lowest BCUT2D eigenvalue weighted by atomic mass is 9.97. The van der Waals surface area contributed by atoms with Gasteiger partial charge < -0.3 is 65.1 Å². The maximum Gasteiger partial charge on any atom is 0.220 e. The molecule has 2 saturated heterocycles. The lowest BCUT2D eigenvalue weighted by molar-refractivity contribution is -0.359. The van der Waals surface area contributed by atoms with Crippen LogP contribution in [0, 0.1) is 0 Å². The highest BCUT2D eigenvalue weighted by atomic mass is 16.7. The molecule has 0 aliphatic carbocycles. The van der Waals surface area contributed by atoms with Crippen molar-refractivity contribution < 1.29 is 64.6 Å². The predicted octanol–water partition coefficient (Wildman–Crippen LogP) is 12.4. The zero-order valence-electron chi connectivity index (χ0n) is 50.4. The first kappa shape index (κ1) is 73.6. The Bertz CT molecular complexity index is 1420. The van der Waals surface area contributed by atoms with Crippen molar-refractivity contribution in [1.82, 2.24) is 5.32 Å². The second-order valence-electron chi connectivity index (χ2n) is 23.6. The Morgan fingerprint density at radius 3 is 1.32 bits per heavy atom. The highest BCUT2D eigenvalue weighted by molar-refractivity contribution is 5.76. The second-order valence-corrected chi connectivity index (χ2v) is 23.6. The summed E-state index contributed by atoms with van der Waals surface area (Å²) in [4.78, 5) is 13.2. The Morgan fingerprint density at radius 2 is 0.861 bits per heavy atom. The van der Waals surface area contributed by atoms with E-state index in [9.17, 15) is 45.6 Å². The molecule has 12 atom stereocenters. The van der Waals surface area contributed by atoms with E-state index in [-0.39, 0.29) is 18.9 Å². The highest BCUT2D eigenvalue weighted by Gasteiger charge is 2.51. The maximum absolute atomic E-state index is 13.2. The van der Waals surface area contributed by atoms with Crippen LogP contribution in [-0.4, -0.2) is 140 Å². The Kier molecular flexibility index (Phi) is 47.4. The minimum absolute atomic E-state index is 0.218. The Labute approximate surface area is 481 Å². The van der Waals surface area contributed by atoms with Gasteiger partial charge in [0.15, 0.2) is 12.6 Å². The quantitative estimate of drug-likeness (QED) is 0.0204. The molecule has 12 unspecified atom stereocenters. The van der Waals surface area contributed by atoms with Crippen molar-refractivity contribution in [2.24, 2.45) is 0 Å². The molecule has 2 rings (SSSR count). The largest absolute Gasteiger partial charge is 0.394 e. The number of nitrogens with one attached hydrogen (secondary N) is 1. The number of unbranched alkanes of at least 4 members (excludes halogenated alkanes) is 37. The summed E-state index contributed by atoms with van der Waals surface area (Å²) in [7, 11) is 0. The number of carbonyl (C=O) groups is 1. The molecule has 79 heavy (non-hydrogen) atoms. The fourth-order valence-corrected chi connectivity index (χ4v) is 11.1. The third kappa shape index (κ3) is 36.0. The van der Waals surface area contributed by atoms with Gasteiger partial charge in [0.05, 0.1) is 32.0 Å². The van der Waals surface area contributed by atoms with E-state index in [0.29, 0.717) is 12.8 Å². The number of ether oxygens (including phenoxy) is 4. The summed E-state index contributed by atoms with van der Waals surface area (Å²) in [6, 6.07) is -0.835. The van der Waals surface area contributed by atoms with E-state index in [1.807, 2.05) is 0 Å². The molecular weight excluding hydrogens is 1000 g/mol. The van der Waals surface area contributed by atoms with Crippen molar-refractivity contribution in [3.8, 4) is 0 Å². The molecule has 0 radical (unpaired) electrons. The molecule has 0 aromatic carbocycles. The summed E-state index contributed by atoms with van der Waals surface area (Å²) in [5, 5.41) is 87.3. The first-order valence-corrected chi connectivity index (χ1v) is 33.1. The van der Waals surface area contributed by atoms with Gasteiger partial charge in [-0.2, -0.15) is 0 Å². The molecule has 0 spiro atoms. The van der Waals surface area contributed by atoms with E-state index in [2.05, 4.69) is 43.5 Å². The fraction of sp³-hybridized carbons (Fsp3) is 0.923. The van der Waals surface area contributed by atoms with Crippen molar-refractivity contribution in [3.63, 3.8) is 0 Å². The van der Waals surface area contributed by atoms with Crippen LogP contribution in [0.15, 0.2) is 24.3 Å². The molecule has 2 heterocycles. The summed E-state index contributed by atoms with van der Waals surface area (Å²) in [6.07, 6.45) is 45.0. The average Bonchev–Trinajstić information content (AvgIpc) is 3.45.